The van der Waals surface area contributed by atoms with Gasteiger partial charge < -0.3 is 5.32 Å². The highest BCUT2D eigenvalue weighted by Gasteiger charge is 2.20. The Labute approximate surface area is 204 Å². The summed E-state index contributed by atoms with van der Waals surface area (Å²) in [6, 6.07) is 15.2. The van der Waals surface area contributed by atoms with E-state index in [2.05, 4.69) is 25.5 Å². The van der Waals surface area contributed by atoms with E-state index in [4.69, 9.17) is 0 Å². The highest BCUT2D eigenvalue weighted by Crippen LogP contribution is 2.24. The number of halogens is 2. The van der Waals surface area contributed by atoms with E-state index >= 15 is 0 Å². The van der Waals surface area contributed by atoms with Gasteiger partial charge in [-0.2, -0.15) is 5.10 Å². The van der Waals surface area contributed by atoms with Crippen LogP contribution in [0.2, 0.25) is 0 Å². The minimum Gasteiger partial charge on any atom is -0.348 e. The number of carbonyl (C=O) groups excluding carboxylic acids is 1. The Balaban J connectivity index is 1.31. The van der Waals surface area contributed by atoms with Crippen LogP contribution in [-0.2, 0) is 16.4 Å². The first kappa shape index (κ1) is 23.2. The molecule has 0 aliphatic heterocycles. The van der Waals surface area contributed by atoms with Crippen molar-refractivity contribution in [2.24, 2.45) is 0 Å². The van der Waals surface area contributed by atoms with Crippen molar-refractivity contribution in [3.05, 3.63) is 102 Å². The van der Waals surface area contributed by atoms with E-state index in [1.165, 1.54) is 42.6 Å². The number of H-pyrrole nitrogens is 1. The standard InChI is InChI=1S/C25H17F2N5O3S/c26-20-9-6-16(11-21(20)27)22-2-1-3-23(31-22)36(34,35)19-7-4-15(5-8-19)12-29-25(33)18-10-17-14-30-32-24(17)28-13-18/h1-11,13-14H,12H2,(H,29,33)(H,28,30,32). The molecule has 0 radical (unpaired) electrons. The Bertz CT molecular complexity index is 1700. The normalized spacial score (nSPS) is 11.5. The summed E-state index contributed by atoms with van der Waals surface area (Å²) in [5.74, 6) is -2.39. The van der Waals surface area contributed by atoms with Crippen molar-refractivity contribution < 1.29 is 22.0 Å². The quantitative estimate of drug-likeness (QED) is 0.359. The van der Waals surface area contributed by atoms with Crippen molar-refractivity contribution in [3.63, 3.8) is 0 Å². The van der Waals surface area contributed by atoms with E-state index in [9.17, 15) is 22.0 Å². The van der Waals surface area contributed by atoms with Crippen LogP contribution in [0.15, 0.2) is 89.0 Å². The second kappa shape index (κ2) is 9.27. The lowest BCUT2D eigenvalue weighted by molar-refractivity contribution is 0.0950. The molecule has 0 unspecified atom stereocenters. The molecule has 5 rings (SSSR count). The summed E-state index contributed by atoms with van der Waals surface area (Å²) in [4.78, 5) is 20.7. The topological polar surface area (TPSA) is 118 Å². The van der Waals surface area contributed by atoms with Gasteiger partial charge >= 0.3 is 0 Å². The lowest BCUT2D eigenvalue weighted by Gasteiger charge is -2.09. The van der Waals surface area contributed by atoms with E-state index < -0.39 is 21.5 Å². The van der Waals surface area contributed by atoms with Crippen molar-refractivity contribution in [2.45, 2.75) is 16.5 Å². The number of hydrogen-bond donors (Lipinski definition) is 2. The van der Waals surface area contributed by atoms with Crippen LogP contribution in [0.4, 0.5) is 8.78 Å². The largest absolute Gasteiger partial charge is 0.348 e. The van der Waals surface area contributed by atoms with Crippen LogP contribution in [0.5, 0.6) is 0 Å². The number of aromatic amines is 1. The molecule has 0 atom stereocenters. The van der Waals surface area contributed by atoms with Crippen molar-refractivity contribution in [2.75, 3.05) is 0 Å². The minimum atomic E-state index is -3.98. The average Bonchev–Trinajstić information content (AvgIpc) is 3.37. The first-order valence-corrected chi connectivity index (χ1v) is 12.1. The van der Waals surface area contributed by atoms with Crippen molar-refractivity contribution >= 4 is 26.8 Å². The molecule has 11 heteroatoms. The second-order valence-electron chi connectivity index (χ2n) is 7.85. The highest BCUT2D eigenvalue weighted by molar-refractivity contribution is 7.91. The smallest absolute Gasteiger partial charge is 0.253 e. The zero-order valence-corrected chi connectivity index (χ0v) is 19.3. The van der Waals surface area contributed by atoms with Gasteiger partial charge in [0, 0.05) is 23.7 Å². The number of rotatable bonds is 6. The van der Waals surface area contributed by atoms with Crippen molar-refractivity contribution in [1.82, 2.24) is 25.5 Å². The van der Waals surface area contributed by atoms with E-state index in [0.29, 0.717) is 22.2 Å². The van der Waals surface area contributed by atoms with E-state index in [1.54, 1.807) is 24.4 Å². The Morgan fingerprint density at radius 3 is 2.53 bits per heavy atom. The van der Waals surface area contributed by atoms with Crippen LogP contribution >= 0.6 is 0 Å². The number of hydrogen-bond acceptors (Lipinski definition) is 6. The molecule has 36 heavy (non-hydrogen) atoms. The van der Waals surface area contributed by atoms with Gasteiger partial charge in [0.25, 0.3) is 5.91 Å². The SMILES string of the molecule is O=C(NCc1ccc(S(=O)(=O)c2cccc(-c3ccc(F)c(F)c3)n2)cc1)c1cnc2[nH]ncc2c1. The maximum atomic E-state index is 13.6. The van der Waals surface area contributed by atoms with Crippen LogP contribution in [0.25, 0.3) is 22.3 Å². The zero-order chi connectivity index (χ0) is 25.3. The van der Waals surface area contributed by atoms with Gasteiger partial charge in [-0.15, -0.1) is 0 Å². The molecule has 1 amide bonds. The summed E-state index contributed by atoms with van der Waals surface area (Å²) in [5, 5.41) is 9.83. The number of amides is 1. The maximum Gasteiger partial charge on any atom is 0.253 e. The lowest BCUT2D eigenvalue weighted by Crippen LogP contribution is -2.22. The van der Waals surface area contributed by atoms with Crippen LogP contribution < -0.4 is 5.32 Å². The summed E-state index contributed by atoms with van der Waals surface area (Å²) in [5.41, 5.74) is 2.07. The van der Waals surface area contributed by atoms with Gasteiger partial charge in [-0.1, -0.05) is 18.2 Å². The fourth-order valence-corrected chi connectivity index (χ4v) is 4.75. The molecule has 3 heterocycles. The maximum absolute atomic E-state index is 13.6. The van der Waals surface area contributed by atoms with Gasteiger partial charge in [-0.25, -0.2) is 27.2 Å². The third-order valence-electron chi connectivity index (χ3n) is 5.45. The Morgan fingerprint density at radius 1 is 0.944 bits per heavy atom. The lowest BCUT2D eigenvalue weighted by atomic mass is 10.1. The number of pyridine rings is 2. The molecule has 0 spiro atoms. The molecule has 0 aliphatic carbocycles. The molecule has 5 aromatic rings. The van der Waals surface area contributed by atoms with Gasteiger partial charge in [0.05, 0.1) is 22.3 Å². The first-order valence-electron chi connectivity index (χ1n) is 10.6. The van der Waals surface area contributed by atoms with Gasteiger partial charge in [0.15, 0.2) is 22.3 Å². The molecule has 0 saturated carbocycles. The predicted octanol–water partition coefficient (Wildman–Crippen LogP) is 4.06. The molecule has 3 aromatic heterocycles. The minimum absolute atomic E-state index is 0.00197. The van der Waals surface area contributed by atoms with E-state index in [-0.39, 0.29) is 33.6 Å². The monoisotopic (exact) mass is 505 g/mol. The number of fused-ring (bicyclic) bond motifs is 1. The molecule has 0 saturated heterocycles. The highest BCUT2D eigenvalue weighted by atomic mass is 32.2. The van der Waals surface area contributed by atoms with Gasteiger partial charge in [0.2, 0.25) is 9.84 Å². The number of nitrogens with zero attached hydrogens (tertiary/aromatic N) is 3. The average molecular weight is 506 g/mol. The Kier molecular flexibility index (Phi) is 5.98. The van der Waals surface area contributed by atoms with Crippen LogP contribution in [0, 0.1) is 11.6 Å². The van der Waals surface area contributed by atoms with Gasteiger partial charge in [-0.05, 0) is 54.1 Å². The molecule has 0 bridgehead atoms. The first-order chi connectivity index (χ1) is 17.3. The number of aromatic nitrogens is 4. The van der Waals surface area contributed by atoms with E-state index in [1.807, 2.05) is 0 Å². The molecule has 0 aliphatic rings. The van der Waals surface area contributed by atoms with Crippen molar-refractivity contribution in [1.29, 1.82) is 0 Å². The van der Waals surface area contributed by atoms with E-state index in [0.717, 1.165) is 12.1 Å². The molecule has 180 valence electrons. The van der Waals surface area contributed by atoms with Gasteiger partial charge in [0.1, 0.15) is 0 Å². The number of nitrogens with one attached hydrogen (secondary N) is 2. The molecule has 2 N–H and O–H groups in total. The van der Waals surface area contributed by atoms with Crippen LogP contribution in [-0.4, -0.2) is 34.5 Å². The van der Waals surface area contributed by atoms with Crippen molar-refractivity contribution in [3.8, 4) is 11.3 Å². The Morgan fingerprint density at radius 2 is 1.75 bits per heavy atom. The third-order valence-corrected chi connectivity index (χ3v) is 7.13. The fraction of sp³-hybridized carbons (Fsp3) is 0.0400. The molecular formula is C25H17F2N5O3S. The summed E-state index contributed by atoms with van der Waals surface area (Å²) in [7, 11) is -3.98. The summed E-state index contributed by atoms with van der Waals surface area (Å²) >= 11 is 0. The molecule has 8 nitrogen and oxygen atoms in total. The number of sulfone groups is 1. The van der Waals surface area contributed by atoms with Gasteiger partial charge in [-0.3, -0.25) is 9.89 Å². The summed E-state index contributed by atoms with van der Waals surface area (Å²) < 4.78 is 53.1. The second-order valence-corrected chi connectivity index (χ2v) is 9.75. The third kappa shape index (κ3) is 4.56. The molecule has 2 aromatic carbocycles. The summed E-state index contributed by atoms with van der Waals surface area (Å²) in [6.45, 7) is 0.173. The number of carbonyl (C=O) groups is 1. The Hall–Kier alpha value is -4.51. The zero-order valence-electron chi connectivity index (χ0n) is 18.4. The molecule has 0 fully saturated rings. The number of benzene rings is 2. The van der Waals surface area contributed by atoms with Crippen LogP contribution in [0.3, 0.4) is 0 Å². The molecular weight excluding hydrogens is 488 g/mol. The van der Waals surface area contributed by atoms with Crippen LogP contribution in [0.1, 0.15) is 15.9 Å². The fourth-order valence-electron chi connectivity index (χ4n) is 3.53. The predicted molar refractivity (Wildman–Crippen MR) is 127 cm³/mol. The summed E-state index contributed by atoms with van der Waals surface area (Å²) in [6.07, 6.45) is 3.01.